The van der Waals surface area contributed by atoms with Crippen LogP contribution in [0, 0.1) is 23.6 Å². The molecule has 4 aliphatic rings. The van der Waals surface area contributed by atoms with E-state index < -0.39 is 0 Å². The Labute approximate surface area is 160 Å². The molecule has 2 aromatic rings. The molecule has 4 bridgehead atoms. The zero-order chi connectivity index (χ0) is 18.4. The summed E-state index contributed by atoms with van der Waals surface area (Å²) in [5.41, 5.74) is 3.06. The first-order chi connectivity index (χ1) is 13.1. The fourth-order valence-corrected chi connectivity index (χ4v) is 6.39. The molecule has 2 aromatic carbocycles. The molecule has 4 fully saturated rings. The van der Waals surface area contributed by atoms with Gasteiger partial charge in [-0.1, -0.05) is 30.3 Å². The molecule has 0 aromatic heterocycles. The second-order valence-corrected chi connectivity index (χ2v) is 9.09. The van der Waals surface area contributed by atoms with Crippen LogP contribution in [0.2, 0.25) is 0 Å². The van der Waals surface area contributed by atoms with E-state index in [1.54, 1.807) is 18.2 Å². The number of amides is 1. The molecule has 4 aliphatic carbocycles. The topological polar surface area (TPSA) is 29.1 Å². The molecule has 0 radical (unpaired) electrons. The van der Waals surface area contributed by atoms with Crippen LogP contribution in [0.25, 0.3) is 0 Å². The van der Waals surface area contributed by atoms with E-state index in [4.69, 9.17) is 0 Å². The number of carbonyl (C=O) groups is 1. The summed E-state index contributed by atoms with van der Waals surface area (Å²) in [6, 6.07) is 14.9. The van der Waals surface area contributed by atoms with E-state index in [9.17, 15) is 9.18 Å². The van der Waals surface area contributed by atoms with Crippen molar-refractivity contribution in [1.82, 2.24) is 0 Å². The second kappa shape index (κ2) is 6.47. The Balaban J connectivity index is 1.28. The van der Waals surface area contributed by atoms with Crippen molar-refractivity contribution in [2.24, 2.45) is 17.8 Å². The number of carbonyl (C=O) groups excluding carboxylic acids is 1. The molecule has 0 atom stereocenters. The van der Waals surface area contributed by atoms with E-state index in [1.807, 2.05) is 12.1 Å². The third-order valence-corrected chi connectivity index (χ3v) is 7.13. The van der Waals surface area contributed by atoms with Crippen molar-refractivity contribution in [3.8, 4) is 0 Å². The minimum absolute atomic E-state index is 0.0589. The van der Waals surface area contributed by atoms with Gasteiger partial charge in [0.2, 0.25) is 5.91 Å². The van der Waals surface area contributed by atoms with Gasteiger partial charge in [-0.2, -0.15) is 0 Å². The molecule has 1 N–H and O–H groups in total. The summed E-state index contributed by atoms with van der Waals surface area (Å²) in [6.07, 6.45) is 8.44. The van der Waals surface area contributed by atoms with Crippen LogP contribution >= 0.6 is 0 Å². The summed E-state index contributed by atoms with van der Waals surface area (Å²) in [4.78, 5) is 12.3. The van der Waals surface area contributed by atoms with Crippen molar-refractivity contribution in [2.45, 2.75) is 50.4 Å². The SMILES string of the molecule is O=C(Cc1ccccc1F)Nc1ccc(C23CC4CC(CC(C4)C2)C3)cc1. The molecular formula is C24H26FNO. The highest BCUT2D eigenvalue weighted by Gasteiger charge is 2.51. The minimum atomic E-state index is -0.329. The zero-order valence-electron chi connectivity index (χ0n) is 15.6. The second-order valence-electron chi connectivity index (χ2n) is 9.09. The van der Waals surface area contributed by atoms with Crippen LogP contribution in [-0.4, -0.2) is 5.91 Å². The van der Waals surface area contributed by atoms with Crippen LogP contribution in [0.1, 0.15) is 49.7 Å². The predicted octanol–water partition coefficient (Wildman–Crippen LogP) is 5.47. The van der Waals surface area contributed by atoms with E-state index in [0.717, 1.165) is 23.4 Å². The van der Waals surface area contributed by atoms with Crippen molar-refractivity contribution < 1.29 is 9.18 Å². The normalized spacial score (nSPS) is 31.1. The maximum Gasteiger partial charge on any atom is 0.228 e. The van der Waals surface area contributed by atoms with Crippen molar-refractivity contribution in [3.05, 3.63) is 65.5 Å². The number of hydrogen-bond donors (Lipinski definition) is 1. The van der Waals surface area contributed by atoms with E-state index in [0.29, 0.717) is 11.0 Å². The van der Waals surface area contributed by atoms with Gasteiger partial charge >= 0.3 is 0 Å². The summed E-state index contributed by atoms with van der Waals surface area (Å²) in [6.45, 7) is 0. The molecule has 0 aliphatic heterocycles. The maximum atomic E-state index is 13.7. The van der Waals surface area contributed by atoms with Crippen molar-refractivity contribution in [3.63, 3.8) is 0 Å². The van der Waals surface area contributed by atoms with Crippen LogP contribution < -0.4 is 5.32 Å². The van der Waals surface area contributed by atoms with Gasteiger partial charge in [0.15, 0.2) is 0 Å². The number of benzene rings is 2. The lowest BCUT2D eigenvalue weighted by molar-refractivity contribution is -0.115. The largest absolute Gasteiger partial charge is 0.326 e. The van der Waals surface area contributed by atoms with Gasteiger partial charge in [0.1, 0.15) is 5.82 Å². The van der Waals surface area contributed by atoms with Gasteiger partial charge in [-0.3, -0.25) is 4.79 Å². The molecular weight excluding hydrogens is 337 g/mol. The molecule has 0 heterocycles. The fourth-order valence-electron chi connectivity index (χ4n) is 6.39. The number of rotatable bonds is 4. The molecule has 0 unspecified atom stereocenters. The van der Waals surface area contributed by atoms with Crippen LogP contribution in [0.15, 0.2) is 48.5 Å². The Morgan fingerprint density at radius 2 is 1.52 bits per heavy atom. The van der Waals surface area contributed by atoms with E-state index in [-0.39, 0.29) is 18.1 Å². The molecule has 6 rings (SSSR count). The Morgan fingerprint density at radius 1 is 0.926 bits per heavy atom. The van der Waals surface area contributed by atoms with Crippen LogP contribution in [0.4, 0.5) is 10.1 Å². The Kier molecular flexibility index (Phi) is 4.07. The average molecular weight is 363 g/mol. The monoisotopic (exact) mass is 363 g/mol. The van der Waals surface area contributed by atoms with E-state index >= 15 is 0 Å². The quantitative estimate of drug-likeness (QED) is 0.766. The minimum Gasteiger partial charge on any atom is -0.326 e. The first kappa shape index (κ1) is 17.0. The zero-order valence-corrected chi connectivity index (χ0v) is 15.6. The molecule has 4 saturated carbocycles. The van der Waals surface area contributed by atoms with Gasteiger partial charge in [-0.15, -0.1) is 0 Å². The summed E-state index contributed by atoms with van der Waals surface area (Å²) < 4.78 is 13.7. The lowest BCUT2D eigenvalue weighted by Crippen LogP contribution is -2.48. The highest BCUT2D eigenvalue weighted by molar-refractivity contribution is 5.92. The number of halogens is 1. The van der Waals surface area contributed by atoms with Crippen molar-refractivity contribution in [2.75, 3.05) is 5.32 Å². The molecule has 140 valence electrons. The summed E-state index contributed by atoms with van der Waals surface area (Å²) >= 11 is 0. The van der Waals surface area contributed by atoms with Gasteiger partial charge in [-0.25, -0.2) is 4.39 Å². The van der Waals surface area contributed by atoms with Gasteiger partial charge in [0, 0.05) is 5.69 Å². The smallest absolute Gasteiger partial charge is 0.228 e. The number of hydrogen-bond acceptors (Lipinski definition) is 1. The van der Waals surface area contributed by atoms with Gasteiger partial charge in [0.25, 0.3) is 0 Å². The summed E-state index contributed by atoms with van der Waals surface area (Å²) in [7, 11) is 0. The third kappa shape index (κ3) is 3.18. The molecule has 27 heavy (non-hydrogen) atoms. The Morgan fingerprint density at radius 3 is 2.11 bits per heavy atom. The third-order valence-electron chi connectivity index (χ3n) is 7.13. The highest BCUT2D eigenvalue weighted by Crippen LogP contribution is 2.60. The standard InChI is InChI=1S/C24H26FNO/c25-22-4-2-1-3-19(22)12-23(27)26-21-7-5-20(6-8-21)24-13-16-9-17(14-24)11-18(10-16)15-24/h1-8,16-18H,9-15H2,(H,26,27). The van der Waals surface area contributed by atoms with Gasteiger partial charge in [0.05, 0.1) is 6.42 Å². The maximum absolute atomic E-state index is 13.7. The Bertz CT molecular complexity index is 822. The fraction of sp³-hybridized carbons (Fsp3) is 0.458. The summed E-state index contributed by atoms with van der Waals surface area (Å²) in [5.74, 6) is 2.27. The lowest BCUT2D eigenvalue weighted by atomic mass is 9.48. The molecule has 0 saturated heterocycles. The highest BCUT2D eigenvalue weighted by atomic mass is 19.1. The molecule has 3 heteroatoms. The van der Waals surface area contributed by atoms with Crippen LogP contribution in [0.5, 0.6) is 0 Å². The van der Waals surface area contributed by atoms with Crippen molar-refractivity contribution >= 4 is 11.6 Å². The predicted molar refractivity (Wildman–Crippen MR) is 105 cm³/mol. The summed E-state index contributed by atoms with van der Waals surface area (Å²) in [5, 5.41) is 2.91. The number of anilines is 1. The first-order valence-electron chi connectivity index (χ1n) is 10.2. The van der Waals surface area contributed by atoms with Crippen LogP contribution in [0.3, 0.4) is 0 Å². The molecule has 0 spiro atoms. The molecule has 1 amide bonds. The van der Waals surface area contributed by atoms with E-state index in [1.165, 1.54) is 50.2 Å². The average Bonchev–Trinajstić information content (AvgIpc) is 2.63. The Hall–Kier alpha value is -2.16. The van der Waals surface area contributed by atoms with Crippen LogP contribution in [-0.2, 0) is 16.6 Å². The molecule has 2 nitrogen and oxygen atoms in total. The number of nitrogens with one attached hydrogen (secondary N) is 1. The first-order valence-corrected chi connectivity index (χ1v) is 10.2. The van der Waals surface area contributed by atoms with E-state index in [2.05, 4.69) is 17.4 Å². The van der Waals surface area contributed by atoms with Gasteiger partial charge < -0.3 is 5.32 Å². The lowest BCUT2D eigenvalue weighted by Gasteiger charge is -2.57. The van der Waals surface area contributed by atoms with Crippen molar-refractivity contribution in [1.29, 1.82) is 0 Å². The van der Waals surface area contributed by atoms with Gasteiger partial charge in [-0.05, 0) is 91.0 Å².